The molecule has 6 nitrogen and oxygen atoms in total. The minimum absolute atomic E-state index is 0.0633. The normalized spacial score (nSPS) is 16.8. The van der Waals surface area contributed by atoms with Gasteiger partial charge in [0.05, 0.1) is 0 Å². The van der Waals surface area contributed by atoms with Gasteiger partial charge in [-0.3, -0.25) is 4.79 Å². The number of carbonyl (C=O) groups is 1. The summed E-state index contributed by atoms with van der Waals surface area (Å²) in [6.45, 7) is 2.58. The van der Waals surface area contributed by atoms with Gasteiger partial charge in [-0.25, -0.2) is 0 Å². The lowest BCUT2D eigenvalue weighted by molar-refractivity contribution is -0.117. The minimum Gasteiger partial charge on any atom is -0.378 e. The van der Waals surface area contributed by atoms with Gasteiger partial charge in [0.2, 0.25) is 5.91 Å². The maximum absolute atomic E-state index is 12.5. The van der Waals surface area contributed by atoms with Crippen LogP contribution in [0.1, 0.15) is 23.7 Å². The number of aromatic nitrogens is 2. The third-order valence-electron chi connectivity index (χ3n) is 4.95. The van der Waals surface area contributed by atoms with E-state index < -0.39 is 0 Å². The molecule has 1 aliphatic rings. The molecule has 0 spiro atoms. The second kappa shape index (κ2) is 6.87. The van der Waals surface area contributed by atoms with Crippen molar-refractivity contribution in [3.8, 4) is 11.5 Å². The molecule has 1 saturated heterocycles. The van der Waals surface area contributed by atoms with Crippen molar-refractivity contribution in [2.24, 2.45) is 0 Å². The first-order chi connectivity index (χ1) is 13.0. The summed E-state index contributed by atoms with van der Waals surface area (Å²) in [6.07, 6.45) is 0.394. The molecule has 0 saturated carbocycles. The monoisotopic (exact) mass is 362 g/mol. The van der Waals surface area contributed by atoms with Crippen LogP contribution in [-0.2, 0) is 4.79 Å². The summed E-state index contributed by atoms with van der Waals surface area (Å²) in [7, 11) is 3.98. The Hall–Kier alpha value is -3.15. The van der Waals surface area contributed by atoms with Crippen LogP contribution in [0.15, 0.2) is 53.1 Å². The zero-order valence-corrected chi connectivity index (χ0v) is 15.7. The van der Waals surface area contributed by atoms with E-state index in [2.05, 4.69) is 10.1 Å². The molecule has 0 radical (unpaired) electrons. The van der Waals surface area contributed by atoms with E-state index in [0.717, 1.165) is 22.5 Å². The number of amides is 1. The molecule has 1 amide bonds. The van der Waals surface area contributed by atoms with Crippen LogP contribution in [0.5, 0.6) is 0 Å². The Bertz CT molecular complexity index is 980. The molecular formula is C21H22N4O2. The van der Waals surface area contributed by atoms with E-state index in [9.17, 15) is 4.79 Å². The summed E-state index contributed by atoms with van der Waals surface area (Å²) in [6, 6.07) is 15.9. The molecule has 138 valence electrons. The molecule has 27 heavy (non-hydrogen) atoms. The lowest BCUT2D eigenvalue weighted by Crippen LogP contribution is -2.25. The Balaban J connectivity index is 1.57. The van der Waals surface area contributed by atoms with E-state index in [1.807, 2.05) is 79.3 Å². The van der Waals surface area contributed by atoms with E-state index in [4.69, 9.17) is 4.52 Å². The third kappa shape index (κ3) is 3.30. The number of hydrogen-bond donors (Lipinski definition) is 0. The third-order valence-corrected chi connectivity index (χ3v) is 4.95. The Morgan fingerprint density at radius 3 is 2.74 bits per heavy atom. The molecule has 1 fully saturated rings. The van der Waals surface area contributed by atoms with Gasteiger partial charge in [0, 0.05) is 49.9 Å². The smallest absolute Gasteiger partial charge is 0.258 e. The molecule has 2 aromatic carbocycles. The Morgan fingerprint density at radius 2 is 1.96 bits per heavy atom. The SMILES string of the molecule is Cc1ccccc1N1CC(c2noc(-c3cccc(N(C)C)c3)n2)CC1=O. The van der Waals surface area contributed by atoms with Gasteiger partial charge in [-0.15, -0.1) is 0 Å². The van der Waals surface area contributed by atoms with Crippen molar-refractivity contribution in [3.05, 3.63) is 59.9 Å². The average molecular weight is 362 g/mol. The Morgan fingerprint density at radius 1 is 1.15 bits per heavy atom. The van der Waals surface area contributed by atoms with E-state index in [1.54, 1.807) is 0 Å². The van der Waals surface area contributed by atoms with Crippen molar-refractivity contribution in [1.82, 2.24) is 10.1 Å². The molecule has 1 unspecified atom stereocenters. The minimum atomic E-state index is -0.0633. The lowest BCUT2D eigenvalue weighted by Gasteiger charge is -2.18. The maximum atomic E-state index is 12.5. The highest BCUT2D eigenvalue weighted by Gasteiger charge is 2.35. The van der Waals surface area contributed by atoms with Crippen LogP contribution in [0.3, 0.4) is 0 Å². The molecule has 4 rings (SSSR count). The van der Waals surface area contributed by atoms with Gasteiger partial charge in [0.25, 0.3) is 5.89 Å². The first kappa shape index (κ1) is 17.3. The summed E-state index contributed by atoms with van der Waals surface area (Å²) >= 11 is 0. The molecule has 3 aromatic rings. The summed E-state index contributed by atoms with van der Waals surface area (Å²) in [5.74, 6) is 1.10. The van der Waals surface area contributed by atoms with E-state index in [-0.39, 0.29) is 11.8 Å². The summed E-state index contributed by atoms with van der Waals surface area (Å²) in [5, 5.41) is 4.16. The highest BCUT2D eigenvalue weighted by molar-refractivity contribution is 5.97. The number of nitrogens with zero attached hydrogens (tertiary/aromatic N) is 4. The predicted molar refractivity (Wildman–Crippen MR) is 105 cm³/mol. The van der Waals surface area contributed by atoms with Crippen LogP contribution in [0.2, 0.25) is 0 Å². The maximum Gasteiger partial charge on any atom is 0.258 e. The van der Waals surface area contributed by atoms with Crippen molar-refractivity contribution in [2.45, 2.75) is 19.3 Å². The van der Waals surface area contributed by atoms with Crippen molar-refractivity contribution in [1.29, 1.82) is 0 Å². The van der Waals surface area contributed by atoms with Crippen LogP contribution >= 0.6 is 0 Å². The Labute approximate surface area is 158 Å². The highest BCUT2D eigenvalue weighted by atomic mass is 16.5. The second-order valence-corrected chi connectivity index (χ2v) is 7.09. The van der Waals surface area contributed by atoms with E-state index >= 15 is 0 Å². The molecule has 0 N–H and O–H groups in total. The molecule has 1 aliphatic heterocycles. The summed E-state index contributed by atoms with van der Waals surface area (Å²) < 4.78 is 5.49. The van der Waals surface area contributed by atoms with E-state index in [1.165, 1.54) is 0 Å². The molecule has 1 aromatic heterocycles. The van der Waals surface area contributed by atoms with Crippen molar-refractivity contribution in [2.75, 3.05) is 30.4 Å². The van der Waals surface area contributed by atoms with Crippen molar-refractivity contribution >= 4 is 17.3 Å². The fourth-order valence-electron chi connectivity index (χ4n) is 3.41. The van der Waals surface area contributed by atoms with Gasteiger partial charge in [0.15, 0.2) is 5.82 Å². The Kier molecular flexibility index (Phi) is 4.39. The van der Waals surface area contributed by atoms with Gasteiger partial charge in [-0.1, -0.05) is 29.4 Å². The molecule has 0 aliphatic carbocycles. The zero-order chi connectivity index (χ0) is 19.0. The number of hydrogen-bond acceptors (Lipinski definition) is 5. The number of rotatable bonds is 4. The van der Waals surface area contributed by atoms with Gasteiger partial charge < -0.3 is 14.3 Å². The van der Waals surface area contributed by atoms with Crippen LogP contribution in [0.4, 0.5) is 11.4 Å². The molecular weight excluding hydrogens is 340 g/mol. The number of aryl methyl sites for hydroxylation is 1. The topological polar surface area (TPSA) is 62.5 Å². The standard InChI is InChI=1S/C21H22N4O2/c1-14-7-4-5-10-18(14)25-13-16(12-19(25)26)20-22-21(27-23-20)15-8-6-9-17(11-15)24(2)3/h4-11,16H,12-13H2,1-3H3. The largest absolute Gasteiger partial charge is 0.378 e. The predicted octanol–water partition coefficient (Wildman–Crippen LogP) is 3.63. The van der Waals surface area contributed by atoms with E-state index in [0.29, 0.717) is 24.7 Å². The zero-order valence-electron chi connectivity index (χ0n) is 15.7. The number of anilines is 2. The lowest BCUT2D eigenvalue weighted by atomic mass is 10.1. The van der Waals surface area contributed by atoms with Gasteiger partial charge >= 0.3 is 0 Å². The number of para-hydroxylation sites is 1. The van der Waals surface area contributed by atoms with Crippen LogP contribution in [-0.4, -0.2) is 36.7 Å². The highest BCUT2D eigenvalue weighted by Crippen LogP contribution is 2.33. The van der Waals surface area contributed by atoms with Crippen LogP contribution < -0.4 is 9.80 Å². The summed E-state index contributed by atoms with van der Waals surface area (Å²) in [4.78, 5) is 21.0. The summed E-state index contributed by atoms with van der Waals surface area (Å²) in [5.41, 5.74) is 3.97. The van der Waals surface area contributed by atoms with Gasteiger partial charge in [-0.05, 0) is 36.8 Å². The number of benzene rings is 2. The van der Waals surface area contributed by atoms with Crippen LogP contribution in [0.25, 0.3) is 11.5 Å². The van der Waals surface area contributed by atoms with Crippen molar-refractivity contribution in [3.63, 3.8) is 0 Å². The first-order valence-corrected chi connectivity index (χ1v) is 9.00. The molecule has 6 heteroatoms. The first-order valence-electron chi connectivity index (χ1n) is 9.00. The quantitative estimate of drug-likeness (QED) is 0.709. The number of carbonyl (C=O) groups excluding carboxylic acids is 1. The molecule has 0 bridgehead atoms. The van der Waals surface area contributed by atoms with Gasteiger partial charge in [0.1, 0.15) is 0 Å². The molecule has 1 atom stereocenters. The van der Waals surface area contributed by atoms with Crippen LogP contribution in [0, 0.1) is 6.92 Å². The van der Waals surface area contributed by atoms with Crippen molar-refractivity contribution < 1.29 is 9.32 Å². The fourth-order valence-corrected chi connectivity index (χ4v) is 3.41. The average Bonchev–Trinajstić information content (AvgIpc) is 3.29. The van der Waals surface area contributed by atoms with Gasteiger partial charge in [-0.2, -0.15) is 4.98 Å². The second-order valence-electron chi connectivity index (χ2n) is 7.09. The fraction of sp³-hybridized carbons (Fsp3) is 0.286. The molecule has 2 heterocycles.